The Kier molecular flexibility index (Phi) is 6.58. The fourth-order valence-electron chi connectivity index (χ4n) is 0.790. The molecule has 90 valence electrons. The summed E-state index contributed by atoms with van der Waals surface area (Å²) >= 11 is 0. The number of rotatable bonds is 5. The number of hydrogen-bond acceptors (Lipinski definition) is 5. The molecule has 0 aliphatic carbocycles. The number of ether oxygens (including phenoxy) is 2. The van der Waals surface area contributed by atoms with Gasteiger partial charge in [0.25, 0.3) is 5.91 Å². The van der Waals surface area contributed by atoms with E-state index >= 15 is 0 Å². The molecule has 1 N–H and O–H groups in total. The molecule has 0 unspecified atom stereocenters. The first-order valence-electron chi connectivity index (χ1n) is 4.83. The van der Waals surface area contributed by atoms with Crippen molar-refractivity contribution in [2.75, 3.05) is 13.2 Å². The lowest BCUT2D eigenvalue weighted by Gasteiger charge is -2.05. The minimum atomic E-state index is -0.892. The first kappa shape index (κ1) is 14.2. The lowest BCUT2D eigenvalue weighted by atomic mass is 10.2. The second-order valence-electron chi connectivity index (χ2n) is 2.72. The van der Waals surface area contributed by atoms with Gasteiger partial charge >= 0.3 is 6.09 Å². The van der Waals surface area contributed by atoms with Crippen molar-refractivity contribution < 1.29 is 23.9 Å². The summed E-state index contributed by atoms with van der Waals surface area (Å²) < 4.78 is 9.32. The van der Waals surface area contributed by atoms with E-state index in [1.165, 1.54) is 6.92 Å². The van der Waals surface area contributed by atoms with Crippen LogP contribution in [0.5, 0.6) is 0 Å². The van der Waals surface area contributed by atoms with Crippen LogP contribution in [0.2, 0.25) is 0 Å². The second kappa shape index (κ2) is 7.44. The van der Waals surface area contributed by atoms with E-state index in [9.17, 15) is 14.4 Å². The summed E-state index contributed by atoms with van der Waals surface area (Å²) in [5.41, 5.74) is -0.227. The molecule has 0 radical (unpaired) electrons. The third-order valence-corrected chi connectivity index (χ3v) is 1.48. The van der Waals surface area contributed by atoms with Crippen LogP contribution in [0.3, 0.4) is 0 Å². The number of alkyl carbamates (subject to hydrolysis) is 1. The average molecular weight is 229 g/mol. The Labute approximate surface area is 93.6 Å². The number of nitrogens with one attached hydrogen (secondary N) is 1. The summed E-state index contributed by atoms with van der Waals surface area (Å²) in [5.74, 6) is -1.32. The van der Waals surface area contributed by atoms with E-state index in [2.05, 4.69) is 4.74 Å². The number of Topliss-reactive ketones (excluding diaryl/α,β-unsaturated/α-hetero) is 1. The first-order chi connectivity index (χ1) is 7.52. The monoisotopic (exact) mass is 229 g/mol. The van der Waals surface area contributed by atoms with Gasteiger partial charge in [-0.1, -0.05) is 0 Å². The van der Waals surface area contributed by atoms with Crippen LogP contribution in [-0.4, -0.2) is 31.0 Å². The van der Waals surface area contributed by atoms with Gasteiger partial charge in [-0.25, -0.2) is 4.79 Å². The van der Waals surface area contributed by atoms with Crippen LogP contribution in [0, 0.1) is 0 Å². The van der Waals surface area contributed by atoms with Gasteiger partial charge in [0, 0.05) is 0 Å². The van der Waals surface area contributed by atoms with Gasteiger partial charge in [-0.15, -0.1) is 0 Å². The average Bonchev–Trinajstić information content (AvgIpc) is 2.17. The number of imide groups is 1. The largest absolute Gasteiger partial charge is 0.501 e. The fraction of sp³-hybridized carbons (Fsp3) is 0.500. The molecule has 0 heterocycles. The number of carbonyl (C=O) groups excluding carboxylic acids is 3. The summed E-state index contributed by atoms with van der Waals surface area (Å²) in [6.45, 7) is 4.98. The molecule has 0 spiro atoms. The predicted octanol–water partition coefficient (Wildman–Crippen LogP) is 0.768. The van der Waals surface area contributed by atoms with Crippen molar-refractivity contribution in [2.45, 2.75) is 20.8 Å². The van der Waals surface area contributed by atoms with Gasteiger partial charge in [-0.2, -0.15) is 0 Å². The Hall–Kier alpha value is -1.85. The van der Waals surface area contributed by atoms with E-state index in [0.29, 0.717) is 6.61 Å². The van der Waals surface area contributed by atoms with Crippen molar-refractivity contribution in [1.29, 1.82) is 0 Å². The number of hydrogen-bond donors (Lipinski definition) is 1. The molecule has 0 saturated carbocycles. The van der Waals surface area contributed by atoms with E-state index in [4.69, 9.17) is 4.74 Å². The second-order valence-corrected chi connectivity index (χ2v) is 2.72. The minimum Gasteiger partial charge on any atom is -0.501 e. The highest BCUT2D eigenvalue weighted by molar-refractivity contribution is 6.20. The predicted molar refractivity (Wildman–Crippen MR) is 55.6 cm³/mol. The highest BCUT2D eigenvalue weighted by atomic mass is 16.5. The molecule has 0 bridgehead atoms. The molecule has 6 heteroatoms. The maximum absolute atomic E-state index is 11.4. The zero-order chi connectivity index (χ0) is 12.6. The van der Waals surface area contributed by atoms with Crippen molar-refractivity contribution in [3.63, 3.8) is 0 Å². The SMILES string of the molecule is CCO/C=C(\C(C)=O)C(=O)NC(=O)OCC. The molecule has 0 fully saturated rings. The normalized spacial score (nSPS) is 10.6. The van der Waals surface area contributed by atoms with Crippen LogP contribution in [0.1, 0.15) is 20.8 Å². The van der Waals surface area contributed by atoms with E-state index in [1.54, 1.807) is 13.8 Å². The molecule has 0 aliphatic rings. The molecule has 0 aromatic heterocycles. The number of amides is 2. The highest BCUT2D eigenvalue weighted by Gasteiger charge is 2.18. The zero-order valence-electron chi connectivity index (χ0n) is 9.53. The highest BCUT2D eigenvalue weighted by Crippen LogP contribution is 1.98. The van der Waals surface area contributed by atoms with Gasteiger partial charge in [-0.05, 0) is 20.8 Å². The summed E-state index contributed by atoms with van der Waals surface area (Å²) in [6, 6.07) is 0. The van der Waals surface area contributed by atoms with Gasteiger partial charge in [0.1, 0.15) is 5.57 Å². The Morgan fingerprint density at radius 1 is 1.19 bits per heavy atom. The van der Waals surface area contributed by atoms with Crippen LogP contribution < -0.4 is 5.32 Å². The molecule has 2 amide bonds. The van der Waals surface area contributed by atoms with Crippen molar-refractivity contribution in [2.24, 2.45) is 0 Å². The van der Waals surface area contributed by atoms with Gasteiger partial charge in [0.05, 0.1) is 19.5 Å². The van der Waals surface area contributed by atoms with Gasteiger partial charge in [0.2, 0.25) is 0 Å². The van der Waals surface area contributed by atoms with Crippen LogP contribution in [0.15, 0.2) is 11.8 Å². The van der Waals surface area contributed by atoms with Crippen molar-refractivity contribution in [3.05, 3.63) is 11.8 Å². The molecule has 0 aromatic carbocycles. The summed E-state index contributed by atoms with van der Waals surface area (Å²) in [5, 5.41) is 1.90. The molecule has 16 heavy (non-hydrogen) atoms. The smallest absolute Gasteiger partial charge is 0.414 e. The van der Waals surface area contributed by atoms with Gasteiger partial charge < -0.3 is 9.47 Å². The first-order valence-corrected chi connectivity index (χ1v) is 4.83. The summed E-state index contributed by atoms with van der Waals surface area (Å²) in [4.78, 5) is 33.4. The van der Waals surface area contributed by atoms with E-state index < -0.39 is 17.8 Å². The molecular formula is C10H15NO5. The fourth-order valence-corrected chi connectivity index (χ4v) is 0.790. The van der Waals surface area contributed by atoms with Crippen LogP contribution in [-0.2, 0) is 19.1 Å². The molecule has 6 nitrogen and oxygen atoms in total. The maximum Gasteiger partial charge on any atom is 0.414 e. The Morgan fingerprint density at radius 3 is 2.25 bits per heavy atom. The standard InChI is InChI=1S/C10H15NO5/c1-4-15-6-8(7(3)12)9(13)11-10(14)16-5-2/h6H,4-5H2,1-3H3,(H,11,13,14)/b8-6+. The van der Waals surface area contributed by atoms with E-state index in [0.717, 1.165) is 6.26 Å². The van der Waals surface area contributed by atoms with Gasteiger partial charge in [0.15, 0.2) is 5.78 Å². The molecule has 0 aromatic rings. The van der Waals surface area contributed by atoms with E-state index in [-0.39, 0.29) is 12.2 Å². The molecular weight excluding hydrogens is 214 g/mol. The maximum atomic E-state index is 11.4. The van der Waals surface area contributed by atoms with E-state index in [1.807, 2.05) is 5.32 Å². The molecule has 0 saturated heterocycles. The summed E-state index contributed by atoms with van der Waals surface area (Å²) in [6.07, 6.45) is 0.132. The number of ketones is 1. The lowest BCUT2D eigenvalue weighted by molar-refractivity contribution is -0.121. The van der Waals surface area contributed by atoms with Gasteiger partial charge in [-0.3, -0.25) is 14.9 Å². The van der Waals surface area contributed by atoms with Crippen molar-refractivity contribution in [3.8, 4) is 0 Å². The Bertz CT molecular complexity index is 308. The van der Waals surface area contributed by atoms with Crippen LogP contribution in [0.4, 0.5) is 4.79 Å². The van der Waals surface area contributed by atoms with Crippen molar-refractivity contribution >= 4 is 17.8 Å². The zero-order valence-corrected chi connectivity index (χ0v) is 9.53. The molecule has 0 atom stereocenters. The van der Waals surface area contributed by atoms with Crippen molar-refractivity contribution in [1.82, 2.24) is 5.32 Å². The molecule has 0 rings (SSSR count). The Morgan fingerprint density at radius 2 is 1.81 bits per heavy atom. The third kappa shape index (κ3) is 5.14. The topological polar surface area (TPSA) is 81.7 Å². The lowest BCUT2D eigenvalue weighted by Crippen LogP contribution is -2.34. The Balaban J connectivity index is 4.51. The summed E-state index contributed by atoms with van der Waals surface area (Å²) in [7, 11) is 0. The molecule has 0 aliphatic heterocycles. The third-order valence-electron chi connectivity index (χ3n) is 1.48. The number of carbonyl (C=O) groups is 3. The quantitative estimate of drug-likeness (QED) is 0.326. The van der Waals surface area contributed by atoms with Crippen LogP contribution in [0.25, 0.3) is 0 Å². The minimum absolute atomic E-state index is 0.143. The van der Waals surface area contributed by atoms with Crippen LogP contribution >= 0.6 is 0 Å².